The van der Waals surface area contributed by atoms with Crippen LogP contribution >= 0.6 is 24.8 Å². The van der Waals surface area contributed by atoms with Crippen LogP contribution in [-0.4, -0.2) is 3.21 Å². The molecule has 0 nitrogen and oxygen atoms in total. The fraction of sp³-hybridized carbons (Fsp3) is 0.121. The Morgan fingerprint density at radius 3 is 2.00 bits per heavy atom. The molecule has 0 amide bonds. The molecular formula is C33H30Cl2Zr. The van der Waals surface area contributed by atoms with E-state index in [1.54, 1.807) is 0 Å². The number of benzene rings is 4. The normalized spacial score (nSPS) is 13.8. The van der Waals surface area contributed by atoms with Crippen molar-refractivity contribution in [2.45, 2.75) is 20.3 Å². The second kappa shape index (κ2) is 15.1. The van der Waals surface area contributed by atoms with E-state index in [-0.39, 0.29) is 24.8 Å². The van der Waals surface area contributed by atoms with Crippen LogP contribution in [0, 0.1) is 18.1 Å². The maximum atomic E-state index is 3.30. The predicted octanol–water partition coefficient (Wildman–Crippen LogP) is 8.75. The van der Waals surface area contributed by atoms with Gasteiger partial charge >= 0.3 is 70.3 Å². The molecule has 4 aromatic rings. The van der Waals surface area contributed by atoms with Gasteiger partial charge in [0.1, 0.15) is 0 Å². The number of rotatable bonds is 2. The summed E-state index contributed by atoms with van der Waals surface area (Å²) in [5, 5.41) is 0. The molecule has 36 heavy (non-hydrogen) atoms. The van der Waals surface area contributed by atoms with Crippen molar-refractivity contribution in [3.63, 3.8) is 0 Å². The molecular weight excluding hydrogens is 558 g/mol. The molecule has 3 heteroatoms. The van der Waals surface area contributed by atoms with Gasteiger partial charge in [0, 0.05) is 0 Å². The molecule has 180 valence electrons. The second-order valence-corrected chi connectivity index (χ2v) is 10.3. The molecule has 1 unspecified atom stereocenters. The Morgan fingerprint density at radius 2 is 1.39 bits per heavy atom. The molecule has 0 fully saturated rings. The summed E-state index contributed by atoms with van der Waals surface area (Å²) in [6, 6.07) is 39.0. The maximum Gasteiger partial charge on any atom is -0.0253 e. The van der Waals surface area contributed by atoms with Crippen molar-refractivity contribution >= 4 is 33.6 Å². The Morgan fingerprint density at radius 1 is 0.778 bits per heavy atom. The first-order valence-corrected chi connectivity index (χ1v) is 12.9. The van der Waals surface area contributed by atoms with Gasteiger partial charge in [0.2, 0.25) is 0 Å². The molecule has 6 rings (SSSR count). The summed E-state index contributed by atoms with van der Waals surface area (Å²) in [4.78, 5) is 0. The van der Waals surface area contributed by atoms with Gasteiger partial charge in [-0.1, -0.05) is 78.6 Å². The van der Waals surface area contributed by atoms with Gasteiger partial charge in [-0.15, -0.1) is 35.9 Å². The van der Waals surface area contributed by atoms with Gasteiger partial charge in [-0.3, -0.25) is 6.08 Å². The van der Waals surface area contributed by atoms with Crippen LogP contribution < -0.4 is 0 Å². The summed E-state index contributed by atoms with van der Waals surface area (Å²) in [5.74, 6) is 0.472. The fourth-order valence-corrected chi connectivity index (χ4v) is 4.49. The van der Waals surface area contributed by atoms with Crippen LogP contribution in [0.25, 0.3) is 16.7 Å². The third-order valence-electron chi connectivity index (χ3n) is 5.86. The molecule has 2 aliphatic carbocycles. The van der Waals surface area contributed by atoms with Gasteiger partial charge in [-0.2, -0.15) is 41.5 Å². The van der Waals surface area contributed by atoms with Gasteiger partial charge in [-0.05, 0) is 6.42 Å². The Labute approximate surface area is 243 Å². The Hall–Kier alpha value is -2.31. The van der Waals surface area contributed by atoms with Gasteiger partial charge in [0.15, 0.2) is 0 Å². The van der Waals surface area contributed by atoms with E-state index in [0.29, 0.717) is 5.92 Å². The standard InChI is InChI=1S/C13H9.C12H11.C8H8.2ClH.Zr/c1-3-7-12-10(5-1)9-11-6-2-4-8-13(11)12;1-10-7-8-12(9-10)11-5-3-2-4-6-11;1-2-8-6-4-3-5-7-8;;;/h1-5,7-8H,9H2;2-6,8-10H,1H3;3-7H,1H3;2*1H;/q2*-1;;;;+2. The van der Waals surface area contributed by atoms with E-state index in [9.17, 15) is 0 Å². The van der Waals surface area contributed by atoms with Crippen LogP contribution in [-0.2, 0) is 30.7 Å². The van der Waals surface area contributed by atoms with Crippen molar-refractivity contribution in [2.75, 3.05) is 0 Å². The van der Waals surface area contributed by atoms with Crippen LogP contribution in [0.15, 0.2) is 115 Å². The maximum absolute atomic E-state index is 3.30. The Bertz CT molecular complexity index is 1260. The summed E-state index contributed by atoms with van der Waals surface area (Å²) in [5.41, 5.74) is 9.46. The average molecular weight is 589 g/mol. The zero-order valence-corrected chi connectivity index (χ0v) is 24.7. The molecule has 0 saturated carbocycles. The SMILES string of the molecule is CC1[C-]=CC(c2ccccc2)=C1.C[C](=[Zr+2])c1ccccc1.Cl.Cl.[c-]1cccc2c1Cc1ccccc1-2. The summed E-state index contributed by atoms with van der Waals surface area (Å²) in [6.45, 7) is 4.31. The van der Waals surface area contributed by atoms with E-state index in [0.717, 1.165) is 6.42 Å². The fourth-order valence-electron chi connectivity index (χ4n) is 4.08. The number of halogens is 2. The molecule has 0 aliphatic heterocycles. The zero-order chi connectivity index (χ0) is 23.8. The summed E-state index contributed by atoms with van der Waals surface area (Å²) >= 11 is 1.51. The minimum atomic E-state index is 0. The van der Waals surface area contributed by atoms with E-state index in [1.807, 2.05) is 18.2 Å². The number of hydrogen-bond donors (Lipinski definition) is 0. The third-order valence-corrected chi connectivity index (χ3v) is 6.57. The van der Waals surface area contributed by atoms with Gasteiger partial charge in [-0.25, -0.2) is 6.08 Å². The number of fused-ring (bicyclic) bond motifs is 3. The van der Waals surface area contributed by atoms with Crippen LogP contribution in [0.5, 0.6) is 0 Å². The van der Waals surface area contributed by atoms with E-state index >= 15 is 0 Å². The molecule has 1 atom stereocenters. The molecule has 0 radical (unpaired) electrons. The van der Waals surface area contributed by atoms with E-state index in [1.165, 1.54) is 66.4 Å². The minimum absolute atomic E-state index is 0. The van der Waals surface area contributed by atoms with Crippen LogP contribution in [0.3, 0.4) is 0 Å². The first-order valence-electron chi connectivity index (χ1n) is 11.7. The molecule has 0 spiro atoms. The van der Waals surface area contributed by atoms with Crippen molar-refractivity contribution in [1.29, 1.82) is 0 Å². The van der Waals surface area contributed by atoms with Gasteiger partial charge in [0.05, 0.1) is 0 Å². The number of allylic oxidation sites excluding steroid dienone is 4. The van der Waals surface area contributed by atoms with E-state index in [4.69, 9.17) is 0 Å². The smallest absolute Gasteiger partial charge is 0.0253 e. The van der Waals surface area contributed by atoms with Crippen LogP contribution in [0.2, 0.25) is 0 Å². The third kappa shape index (κ3) is 8.11. The molecule has 0 heterocycles. The van der Waals surface area contributed by atoms with E-state index < -0.39 is 0 Å². The van der Waals surface area contributed by atoms with Crippen LogP contribution in [0.4, 0.5) is 0 Å². The Balaban J connectivity index is 0.000000188. The molecule has 4 aromatic carbocycles. The molecule has 2 aliphatic rings. The molecule has 0 N–H and O–H groups in total. The van der Waals surface area contributed by atoms with Crippen molar-refractivity contribution < 1.29 is 24.2 Å². The molecule has 0 bridgehead atoms. The second-order valence-electron chi connectivity index (χ2n) is 8.48. The monoisotopic (exact) mass is 586 g/mol. The van der Waals surface area contributed by atoms with E-state index in [2.05, 4.69) is 123 Å². The number of hydrogen-bond acceptors (Lipinski definition) is 0. The minimum Gasteiger partial charge on any atom is -0.179 e. The first-order chi connectivity index (χ1) is 16.6. The topological polar surface area (TPSA) is 0 Å². The summed E-state index contributed by atoms with van der Waals surface area (Å²) in [6.07, 6.45) is 8.60. The van der Waals surface area contributed by atoms with Crippen molar-refractivity contribution in [3.8, 4) is 11.1 Å². The van der Waals surface area contributed by atoms with Crippen LogP contribution in [0.1, 0.15) is 36.1 Å². The summed E-state index contributed by atoms with van der Waals surface area (Å²) in [7, 11) is 0. The van der Waals surface area contributed by atoms with Gasteiger partial charge < -0.3 is 0 Å². The predicted molar refractivity (Wildman–Crippen MR) is 156 cm³/mol. The molecule has 0 saturated heterocycles. The van der Waals surface area contributed by atoms with Gasteiger partial charge in [0.25, 0.3) is 0 Å². The largest absolute Gasteiger partial charge is 0.179 e. The van der Waals surface area contributed by atoms with Crippen molar-refractivity contribution in [2.24, 2.45) is 5.92 Å². The zero-order valence-electron chi connectivity index (χ0n) is 20.6. The van der Waals surface area contributed by atoms with Crippen molar-refractivity contribution in [1.82, 2.24) is 0 Å². The van der Waals surface area contributed by atoms with Crippen molar-refractivity contribution in [3.05, 3.63) is 150 Å². The average Bonchev–Trinajstić information content (AvgIpc) is 3.49. The summed E-state index contributed by atoms with van der Waals surface area (Å²) < 4.78 is 1.46. The Kier molecular flexibility index (Phi) is 12.5. The molecule has 0 aromatic heterocycles. The first kappa shape index (κ1) is 29.9. The quantitative estimate of drug-likeness (QED) is 0.181.